The van der Waals surface area contributed by atoms with Crippen LogP contribution >= 0.6 is 0 Å². The molecule has 96 valence electrons. The molecular weight excluding hydrogens is 206 g/mol. The first-order chi connectivity index (χ1) is 7.60. The number of esters is 1. The smallest absolute Gasteiger partial charge is 0.323 e. The lowest BCUT2D eigenvalue weighted by Gasteiger charge is -2.26. The van der Waals surface area contributed by atoms with Gasteiger partial charge in [0, 0.05) is 13.2 Å². The largest absolute Gasteiger partial charge is 0.468 e. The normalized spacial score (nSPS) is 16.6. The molecule has 0 radical (unpaired) electrons. The molecule has 0 amide bonds. The van der Waals surface area contributed by atoms with Gasteiger partial charge in [0.25, 0.3) is 0 Å². The van der Waals surface area contributed by atoms with E-state index in [1.54, 1.807) is 7.11 Å². The molecule has 3 unspecified atom stereocenters. The van der Waals surface area contributed by atoms with E-state index in [0.717, 1.165) is 12.8 Å². The predicted octanol–water partition coefficient (Wildman–Crippen LogP) is 1.59. The zero-order valence-electron chi connectivity index (χ0n) is 11.1. The maximum Gasteiger partial charge on any atom is 0.323 e. The van der Waals surface area contributed by atoms with Crippen molar-refractivity contribution in [2.75, 3.05) is 20.8 Å². The SMILES string of the molecule is CCC(COC)NC(C(=O)OC)C(C)CC. The van der Waals surface area contributed by atoms with E-state index in [1.807, 2.05) is 6.92 Å². The monoisotopic (exact) mass is 231 g/mol. The van der Waals surface area contributed by atoms with E-state index in [4.69, 9.17) is 9.47 Å². The summed E-state index contributed by atoms with van der Waals surface area (Å²) in [6, 6.07) is -0.0433. The molecule has 0 aliphatic heterocycles. The Hall–Kier alpha value is -0.610. The molecule has 0 bridgehead atoms. The summed E-state index contributed by atoms with van der Waals surface area (Å²) >= 11 is 0. The van der Waals surface area contributed by atoms with Gasteiger partial charge in [-0.05, 0) is 12.3 Å². The number of carbonyl (C=O) groups is 1. The molecule has 3 atom stereocenters. The van der Waals surface area contributed by atoms with E-state index in [1.165, 1.54) is 7.11 Å². The molecule has 0 saturated carbocycles. The van der Waals surface area contributed by atoms with Gasteiger partial charge in [0.05, 0.1) is 13.7 Å². The molecule has 0 aromatic carbocycles. The first-order valence-corrected chi connectivity index (χ1v) is 5.93. The van der Waals surface area contributed by atoms with Crippen LogP contribution in [0.4, 0.5) is 0 Å². The van der Waals surface area contributed by atoms with Crippen LogP contribution in [0.25, 0.3) is 0 Å². The van der Waals surface area contributed by atoms with Crippen molar-refractivity contribution in [1.82, 2.24) is 5.32 Å². The fourth-order valence-corrected chi connectivity index (χ4v) is 1.57. The number of methoxy groups -OCH3 is 2. The van der Waals surface area contributed by atoms with E-state index < -0.39 is 0 Å². The Balaban J connectivity index is 4.45. The molecule has 0 aromatic rings. The fraction of sp³-hybridized carbons (Fsp3) is 0.917. The molecule has 0 fully saturated rings. The molecule has 0 heterocycles. The molecular formula is C12H25NO3. The molecule has 4 nitrogen and oxygen atoms in total. The molecule has 0 aliphatic rings. The number of nitrogens with one attached hydrogen (secondary N) is 1. The Kier molecular flexibility index (Phi) is 8.21. The highest BCUT2D eigenvalue weighted by atomic mass is 16.5. The number of rotatable bonds is 8. The number of hydrogen-bond donors (Lipinski definition) is 1. The number of hydrogen-bond acceptors (Lipinski definition) is 4. The van der Waals surface area contributed by atoms with Gasteiger partial charge in [-0.3, -0.25) is 10.1 Å². The summed E-state index contributed by atoms with van der Waals surface area (Å²) in [4.78, 5) is 11.6. The van der Waals surface area contributed by atoms with E-state index in [-0.39, 0.29) is 24.0 Å². The molecule has 4 heteroatoms. The molecule has 0 rings (SSSR count). The topological polar surface area (TPSA) is 47.6 Å². The summed E-state index contributed by atoms with van der Waals surface area (Å²) in [5.74, 6) is 0.0715. The van der Waals surface area contributed by atoms with Gasteiger partial charge in [-0.2, -0.15) is 0 Å². The van der Waals surface area contributed by atoms with Crippen LogP contribution in [-0.4, -0.2) is 38.9 Å². The van der Waals surface area contributed by atoms with Crippen molar-refractivity contribution >= 4 is 5.97 Å². The molecule has 0 aliphatic carbocycles. The maximum absolute atomic E-state index is 11.6. The van der Waals surface area contributed by atoms with Crippen molar-refractivity contribution in [3.63, 3.8) is 0 Å². The summed E-state index contributed by atoms with van der Waals surface area (Å²) in [5, 5.41) is 3.31. The third kappa shape index (κ3) is 4.94. The molecule has 16 heavy (non-hydrogen) atoms. The lowest BCUT2D eigenvalue weighted by Crippen LogP contribution is -2.49. The average Bonchev–Trinajstić information content (AvgIpc) is 2.32. The third-order valence-corrected chi connectivity index (χ3v) is 2.94. The minimum absolute atomic E-state index is 0.191. The summed E-state index contributed by atoms with van der Waals surface area (Å²) in [6.45, 7) is 6.80. The Morgan fingerprint density at radius 2 is 1.88 bits per heavy atom. The van der Waals surface area contributed by atoms with Crippen molar-refractivity contribution in [3.05, 3.63) is 0 Å². The van der Waals surface area contributed by atoms with E-state index in [2.05, 4.69) is 19.2 Å². The van der Waals surface area contributed by atoms with Crippen LogP contribution in [-0.2, 0) is 14.3 Å². The highest BCUT2D eigenvalue weighted by molar-refractivity contribution is 5.76. The number of carbonyl (C=O) groups excluding carboxylic acids is 1. The summed E-state index contributed by atoms with van der Waals surface area (Å²) < 4.78 is 9.92. The standard InChI is InChI=1S/C12H25NO3/c1-6-9(3)11(12(14)16-5)13-10(7-2)8-15-4/h9-11,13H,6-8H2,1-5H3. The van der Waals surface area contributed by atoms with Crippen molar-refractivity contribution in [2.24, 2.45) is 5.92 Å². The van der Waals surface area contributed by atoms with Crippen LogP contribution < -0.4 is 5.32 Å². The molecule has 0 spiro atoms. The van der Waals surface area contributed by atoms with Gasteiger partial charge in [0.1, 0.15) is 6.04 Å². The average molecular weight is 231 g/mol. The van der Waals surface area contributed by atoms with Gasteiger partial charge in [0.2, 0.25) is 0 Å². The van der Waals surface area contributed by atoms with Crippen LogP contribution in [0.5, 0.6) is 0 Å². The van der Waals surface area contributed by atoms with Gasteiger partial charge < -0.3 is 9.47 Å². The zero-order valence-corrected chi connectivity index (χ0v) is 11.1. The Labute approximate surface area is 98.7 Å². The van der Waals surface area contributed by atoms with Gasteiger partial charge >= 0.3 is 5.97 Å². The molecule has 0 aromatic heterocycles. The van der Waals surface area contributed by atoms with Crippen molar-refractivity contribution in [1.29, 1.82) is 0 Å². The zero-order chi connectivity index (χ0) is 12.6. The van der Waals surface area contributed by atoms with Crippen LogP contribution in [0, 0.1) is 5.92 Å². The Morgan fingerprint density at radius 3 is 2.25 bits per heavy atom. The second kappa shape index (κ2) is 8.53. The van der Waals surface area contributed by atoms with Crippen molar-refractivity contribution in [2.45, 2.75) is 45.7 Å². The minimum atomic E-state index is -0.241. The predicted molar refractivity (Wildman–Crippen MR) is 64.3 cm³/mol. The van der Waals surface area contributed by atoms with Gasteiger partial charge in [0.15, 0.2) is 0 Å². The quantitative estimate of drug-likeness (QED) is 0.644. The minimum Gasteiger partial charge on any atom is -0.468 e. The van der Waals surface area contributed by atoms with Crippen molar-refractivity contribution in [3.8, 4) is 0 Å². The second-order valence-corrected chi connectivity index (χ2v) is 4.11. The molecule has 0 saturated heterocycles. The van der Waals surface area contributed by atoms with Crippen molar-refractivity contribution < 1.29 is 14.3 Å². The van der Waals surface area contributed by atoms with Crippen LogP contribution in [0.1, 0.15) is 33.6 Å². The van der Waals surface area contributed by atoms with Crippen LogP contribution in [0.3, 0.4) is 0 Å². The van der Waals surface area contributed by atoms with E-state index >= 15 is 0 Å². The highest BCUT2D eigenvalue weighted by Gasteiger charge is 2.26. The van der Waals surface area contributed by atoms with E-state index in [0.29, 0.717) is 6.61 Å². The summed E-state index contributed by atoms with van der Waals surface area (Å²) in [5.41, 5.74) is 0. The number of ether oxygens (including phenoxy) is 2. The van der Waals surface area contributed by atoms with Crippen LogP contribution in [0.2, 0.25) is 0 Å². The highest BCUT2D eigenvalue weighted by Crippen LogP contribution is 2.11. The van der Waals surface area contributed by atoms with Gasteiger partial charge in [-0.15, -0.1) is 0 Å². The molecule has 1 N–H and O–H groups in total. The van der Waals surface area contributed by atoms with Crippen LogP contribution in [0.15, 0.2) is 0 Å². The Morgan fingerprint density at radius 1 is 1.25 bits per heavy atom. The van der Waals surface area contributed by atoms with E-state index in [9.17, 15) is 4.79 Å². The Bertz CT molecular complexity index is 197. The fourth-order valence-electron chi connectivity index (χ4n) is 1.57. The first-order valence-electron chi connectivity index (χ1n) is 5.93. The first kappa shape index (κ1) is 15.4. The summed E-state index contributed by atoms with van der Waals surface area (Å²) in [6.07, 6.45) is 1.87. The summed E-state index contributed by atoms with van der Waals surface area (Å²) in [7, 11) is 3.09. The van der Waals surface area contributed by atoms with Gasteiger partial charge in [-0.1, -0.05) is 27.2 Å². The third-order valence-electron chi connectivity index (χ3n) is 2.94. The maximum atomic E-state index is 11.6. The van der Waals surface area contributed by atoms with Gasteiger partial charge in [-0.25, -0.2) is 0 Å². The lowest BCUT2D eigenvalue weighted by atomic mass is 9.98. The second-order valence-electron chi connectivity index (χ2n) is 4.11. The lowest BCUT2D eigenvalue weighted by molar-refractivity contribution is -0.145.